The first kappa shape index (κ1) is 26.3. The second-order valence-electron chi connectivity index (χ2n) is 12.2. The Kier molecular flexibility index (Phi) is 7.80. The molecule has 0 bridgehead atoms. The molecule has 0 saturated heterocycles. The molecule has 2 rings (SSSR count). The third-order valence-electron chi connectivity index (χ3n) is 6.57. The van der Waals surface area contributed by atoms with Crippen molar-refractivity contribution in [1.82, 2.24) is 0 Å². The standard InChI is InChI=1S/C30H46O2/c1-12-13-22(20-14-23(18(2)3)27(31)25(16-20)29(6,7)8)21-15-24(19(4)5)28(32)26(17-21)30(9,10)11/h14-19,22,31-32H,12-13H2,1-11H3. The molecule has 0 aromatic heterocycles. The molecule has 32 heavy (non-hydrogen) atoms. The summed E-state index contributed by atoms with van der Waals surface area (Å²) in [5.74, 6) is 1.59. The zero-order valence-corrected chi connectivity index (χ0v) is 22.4. The zero-order valence-electron chi connectivity index (χ0n) is 22.4. The van der Waals surface area contributed by atoms with Gasteiger partial charge in [-0.1, -0.05) is 107 Å². The minimum Gasteiger partial charge on any atom is -0.507 e. The van der Waals surface area contributed by atoms with E-state index in [9.17, 15) is 10.2 Å². The molecule has 0 fully saturated rings. The molecule has 0 saturated carbocycles. The van der Waals surface area contributed by atoms with Crippen molar-refractivity contribution in [2.45, 2.75) is 118 Å². The predicted molar refractivity (Wildman–Crippen MR) is 139 cm³/mol. The molecule has 2 aromatic rings. The molecule has 2 aromatic carbocycles. The summed E-state index contributed by atoms with van der Waals surface area (Å²) in [6.07, 6.45) is 2.09. The summed E-state index contributed by atoms with van der Waals surface area (Å²) in [6.45, 7) is 23.8. The lowest BCUT2D eigenvalue weighted by Crippen LogP contribution is -2.16. The largest absolute Gasteiger partial charge is 0.507 e. The Morgan fingerprint density at radius 2 is 1.00 bits per heavy atom. The van der Waals surface area contributed by atoms with Gasteiger partial charge in [0.2, 0.25) is 0 Å². The van der Waals surface area contributed by atoms with Gasteiger partial charge in [-0.3, -0.25) is 0 Å². The van der Waals surface area contributed by atoms with Crippen LogP contribution in [0.25, 0.3) is 0 Å². The SMILES string of the molecule is CCCC(c1cc(C(C)C)c(O)c(C(C)(C)C)c1)c1cc(C(C)C)c(O)c(C(C)(C)C)c1. The van der Waals surface area contributed by atoms with Crippen LogP contribution in [0.3, 0.4) is 0 Å². The molecule has 0 aliphatic rings. The van der Waals surface area contributed by atoms with Gasteiger partial charge in [0.1, 0.15) is 11.5 Å². The zero-order chi connectivity index (χ0) is 24.6. The number of hydrogen-bond acceptors (Lipinski definition) is 2. The predicted octanol–water partition coefficient (Wildman–Crippen LogP) is 8.87. The van der Waals surface area contributed by atoms with E-state index in [1.54, 1.807) is 0 Å². The van der Waals surface area contributed by atoms with Crippen molar-refractivity contribution in [1.29, 1.82) is 0 Å². The molecule has 0 atom stereocenters. The van der Waals surface area contributed by atoms with E-state index in [-0.39, 0.29) is 28.6 Å². The van der Waals surface area contributed by atoms with Crippen LogP contribution in [0.15, 0.2) is 24.3 Å². The fourth-order valence-corrected chi connectivity index (χ4v) is 4.60. The van der Waals surface area contributed by atoms with Gasteiger partial charge < -0.3 is 10.2 Å². The summed E-state index contributed by atoms with van der Waals surface area (Å²) in [5, 5.41) is 22.1. The molecule has 2 heteroatoms. The topological polar surface area (TPSA) is 40.5 Å². The highest BCUT2D eigenvalue weighted by atomic mass is 16.3. The van der Waals surface area contributed by atoms with Crippen LogP contribution in [0, 0.1) is 0 Å². The lowest BCUT2D eigenvalue weighted by atomic mass is 9.76. The van der Waals surface area contributed by atoms with E-state index in [2.05, 4.69) is 100 Å². The lowest BCUT2D eigenvalue weighted by molar-refractivity contribution is 0.436. The molecule has 2 N–H and O–H groups in total. The van der Waals surface area contributed by atoms with Gasteiger partial charge in [0, 0.05) is 5.92 Å². The highest BCUT2D eigenvalue weighted by Gasteiger charge is 2.28. The molecule has 2 nitrogen and oxygen atoms in total. The summed E-state index contributed by atoms with van der Waals surface area (Å²) in [6, 6.07) is 8.88. The lowest BCUT2D eigenvalue weighted by Gasteiger charge is -2.29. The van der Waals surface area contributed by atoms with Gasteiger partial charge >= 0.3 is 0 Å². The maximum Gasteiger partial charge on any atom is 0.122 e. The van der Waals surface area contributed by atoms with Gasteiger partial charge in [-0.2, -0.15) is 0 Å². The van der Waals surface area contributed by atoms with Gasteiger partial charge in [-0.15, -0.1) is 0 Å². The smallest absolute Gasteiger partial charge is 0.122 e. The first-order chi connectivity index (χ1) is 14.6. The van der Waals surface area contributed by atoms with E-state index < -0.39 is 0 Å². The quantitative estimate of drug-likeness (QED) is 0.473. The Bertz CT molecular complexity index is 861. The number of phenols is 2. The maximum atomic E-state index is 11.1. The van der Waals surface area contributed by atoms with Crippen molar-refractivity contribution < 1.29 is 10.2 Å². The van der Waals surface area contributed by atoms with Gasteiger partial charge in [0.25, 0.3) is 0 Å². The Hall–Kier alpha value is -1.96. The molecule has 0 spiro atoms. The Labute approximate surface area is 197 Å². The first-order valence-corrected chi connectivity index (χ1v) is 12.3. The molecule has 0 heterocycles. The van der Waals surface area contributed by atoms with Crippen molar-refractivity contribution >= 4 is 0 Å². The summed E-state index contributed by atoms with van der Waals surface area (Å²) < 4.78 is 0. The van der Waals surface area contributed by atoms with Crippen molar-refractivity contribution in [2.75, 3.05) is 0 Å². The normalized spacial score (nSPS) is 12.9. The summed E-state index contributed by atoms with van der Waals surface area (Å²) in [7, 11) is 0. The number of benzene rings is 2. The van der Waals surface area contributed by atoms with Crippen molar-refractivity contribution in [3.63, 3.8) is 0 Å². The fourth-order valence-electron chi connectivity index (χ4n) is 4.60. The Morgan fingerprint density at radius 3 is 1.25 bits per heavy atom. The number of hydrogen-bond donors (Lipinski definition) is 2. The average molecular weight is 439 g/mol. The fraction of sp³-hybridized carbons (Fsp3) is 0.600. The highest BCUT2D eigenvalue weighted by molar-refractivity contribution is 5.54. The minimum atomic E-state index is -0.144. The number of rotatable bonds is 6. The third kappa shape index (κ3) is 5.50. The van der Waals surface area contributed by atoms with Crippen LogP contribution in [0.4, 0.5) is 0 Å². The van der Waals surface area contributed by atoms with Crippen LogP contribution in [0.5, 0.6) is 11.5 Å². The highest BCUT2D eigenvalue weighted by Crippen LogP contribution is 2.44. The van der Waals surface area contributed by atoms with E-state index >= 15 is 0 Å². The van der Waals surface area contributed by atoms with Crippen LogP contribution in [0.2, 0.25) is 0 Å². The van der Waals surface area contributed by atoms with E-state index in [0.29, 0.717) is 11.5 Å². The van der Waals surface area contributed by atoms with Crippen LogP contribution in [-0.4, -0.2) is 10.2 Å². The van der Waals surface area contributed by atoms with Gasteiger partial charge in [0.15, 0.2) is 0 Å². The first-order valence-electron chi connectivity index (χ1n) is 12.3. The minimum absolute atomic E-state index is 0.144. The Balaban J connectivity index is 2.85. The average Bonchev–Trinajstić information content (AvgIpc) is 2.64. The molecule has 0 radical (unpaired) electrons. The molecule has 0 aliphatic heterocycles. The van der Waals surface area contributed by atoms with E-state index in [1.165, 1.54) is 11.1 Å². The second kappa shape index (κ2) is 9.49. The number of aromatic hydroxyl groups is 2. The molecule has 0 amide bonds. The summed E-state index contributed by atoms with van der Waals surface area (Å²) >= 11 is 0. The molecule has 0 unspecified atom stereocenters. The summed E-state index contributed by atoms with van der Waals surface area (Å²) in [5.41, 5.74) is 6.30. The summed E-state index contributed by atoms with van der Waals surface area (Å²) in [4.78, 5) is 0. The molecule has 178 valence electrons. The molecular weight excluding hydrogens is 392 g/mol. The maximum absolute atomic E-state index is 11.1. The van der Waals surface area contributed by atoms with Crippen LogP contribution >= 0.6 is 0 Å². The van der Waals surface area contributed by atoms with E-state index in [1.807, 2.05) is 0 Å². The van der Waals surface area contributed by atoms with Crippen LogP contribution < -0.4 is 0 Å². The third-order valence-corrected chi connectivity index (χ3v) is 6.57. The second-order valence-corrected chi connectivity index (χ2v) is 12.2. The van der Waals surface area contributed by atoms with Crippen molar-refractivity contribution in [2.24, 2.45) is 0 Å². The van der Waals surface area contributed by atoms with Gasteiger partial charge in [0.05, 0.1) is 0 Å². The van der Waals surface area contributed by atoms with Crippen LogP contribution in [-0.2, 0) is 10.8 Å². The van der Waals surface area contributed by atoms with E-state index in [4.69, 9.17) is 0 Å². The van der Waals surface area contributed by atoms with Gasteiger partial charge in [-0.25, -0.2) is 0 Å². The Morgan fingerprint density at radius 1 is 0.656 bits per heavy atom. The molecule has 0 aliphatic carbocycles. The van der Waals surface area contributed by atoms with Crippen molar-refractivity contribution in [3.05, 3.63) is 57.6 Å². The monoisotopic (exact) mass is 438 g/mol. The van der Waals surface area contributed by atoms with Gasteiger partial charge in [-0.05, 0) is 62.5 Å². The number of phenolic OH excluding ortho intramolecular Hbond substituents is 2. The van der Waals surface area contributed by atoms with Crippen LogP contribution in [0.1, 0.15) is 140 Å². The molecular formula is C30H46O2. The van der Waals surface area contributed by atoms with Crippen molar-refractivity contribution in [3.8, 4) is 11.5 Å². The van der Waals surface area contributed by atoms with E-state index in [0.717, 1.165) is 35.1 Å².